The van der Waals surface area contributed by atoms with E-state index in [1.165, 1.54) is 0 Å². The minimum absolute atomic E-state index is 0.0544. The highest BCUT2D eigenvalue weighted by Gasteiger charge is 2.29. The van der Waals surface area contributed by atoms with E-state index in [1.54, 1.807) is 55.6 Å². The van der Waals surface area contributed by atoms with Crippen molar-refractivity contribution in [1.29, 1.82) is 0 Å². The van der Waals surface area contributed by atoms with Gasteiger partial charge in [-0.3, -0.25) is 4.79 Å². The maximum atomic E-state index is 12.7. The van der Waals surface area contributed by atoms with Crippen LogP contribution in [0.3, 0.4) is 0 Å². The molecule has 126 valence electrons. The van der Waals surface area contributed by atoms with E-state index < -0.39 is 0 Å². The number of benzene rings is 1. The van der Waals surface area contributed by atoms with Crippen LogP contribution in [0.1, 0.15) is 16.8 Å². The van der Waals surface area contributed by atoms with Crippen molar-refractivity contribution in [2.24, 2.45) is 0 Å². The molecule has 0 aliphatic carbocycles. The number of aromatic nitrogens is 2. The molecule has 2 aromatic rings. The Morgan fingerprint density at radius 1 is 1.21 bits per heavy atom. The molecule has 1 aliphatic rings. The van der Waals surface area contributed by atoms with Gasteiger partial charge in [-0.2, -0.15) is 5.10 Å². The summed E-state index contributed by atoms with van der Waals surface area (Å²) < 4.78 is 16.2. The second-order valence-electron chi connectivity index (χ2n) is 5.41. The van der Waals surface area contributed by atoms with Crippen LogP contribution in [-0.4, -0.2) is 54.4 Å². The first kappa shape index (κ1) is 16.0. The van der Waals surface area contributed by atoms with Crippen LogP contribution in [0, 0.1) is 0 Å². The summed E-state index contributed by atoms with van der Waals surface area (Å²) in [6.07, 6.45) is 2.27. The zero-order valence-electron chi connectivity index (χ0n) is 13.6. The van der Waals surface area contributed by atoms with Gasteiger partial charge in [0.15, 0.2) is 11.5 Å². The van der Waals surface area contributed by atoms with E-state index in [4.69, 9.17) is 14.2 Å². The molecule has 1 aliphatic heterocycles. The number of hydrogen-bond donors (Lipinski definition) is 0. The van der Waals surface area contributed by atoms with Crippen molar-refractivity contribution in [2.45, 2.75) is 12.5 Å². The van der Waals surface area contributed by atoms with Crippen molar-refractivity contribution < 1.29 is 19.0 Å². The number of amides is 1. The van der Waals surface area contributed by atoms with Crippen molar-refractivity contribution in [3.63, 3.8) is 0 Å². The summed E-state index contributed by atoms with van der Waals surface area (Å²) in [6.45, 7) is 1.15. The van der Waals surface area contributed by atoms with E-state index in [-0.39, 0.29) is 12.0 Å². The number of rotatable bonds is 5. The molecule has 1 saturated heterocycles. The van der Waals surface area contributed by atoms with Gasteiger partial charge in [-0.1, -0.05) is 0 Å². The van der Waals surface area contributed by atoms with Gasteiger partial charge in [-0.25, -0.2) is 0 Å². The summed E-state index contributed by atoms with van der Waals surface area (Å²) in [6, 6.07) is 8.68. The van der Waals surface area contributed by atoms with E-state index in [1.807, 2.05) is 0 Å². The number of ether oxygens (including phenoxy) is 3. The number of carbonyl (C=O) groups is 1. The highest BCUT2D eigenvalue weighted by Crippen LogP contribution is 2.28. The molecule has 0 N–H and O–H groups in total. The topological polar surface area (TPSA) is 73.8 Å². The summed E-state index contributed by atoms with van der Waals surface area (Å²) in [5.74, 6) is 1.55. The second-order valence-corrected chi connectivity index (χ2v) is 5.41. The van der Waals surface area contributed by atoms with Crippen LogP contribution in [0.4, 0.5) is 0 Å². The lowest BCUT2D eigenvalue weighted by atomic mass is 10.1. The van der Waals surface area contributed by atoms with Gasteiger partial charge >= 0.3 is 0 Å². The number of likely N-dealkylation sites (tertiary alicyclic amines) is 1. The Bertz CT molecular complexity index is 708. The average molecular weight is 329 g/mol. The fourth-order valence-electron chi connectivity index (χ4n) is 2.68. The third-order valence-electron chi connectivity index (χ3n) is 3.90. The van der Waals surface area contributed by atoms with Crippen LogP contribution in [0.25, 0.3) is 0 Å². The summed E-state index contributed by atoms with van der Waals surface area (Å²) in [7, 11) is 3.11. The summed E-state index contributed by atoms with van der Waals surface area (Å²) >= 11 is 0. The molecular weight excluding hydrogens is 310 g/mol. The third-order valence-corrected chi connectivity index (χ3v) is 3.90. The van der Waals surface area contributed by atoms with Gasteiger partial charge in [-0.05, 0) is 24.3 Å². The predicted molar refractivity (Wildman–Crippen MR) is 86.5 cm³/mol. The first-order chi connectivity index (χ1) is 11.7. The van der Waals surface area contributed by atoms with E-state index in [0.717, 1.165) is 6.42 Å². The molecular formula is C17H19N3O4. The monoisotopic (exact) mass is 329 g/mol. The van der Waals surface area contributed by atoms with Gasteiger partial charge in [0.25, 0.3) is 5.91 Å². The van der Waals surface area contributed by atoms with Crippen LogP contribution >= 0.6 is 0 Å². The maximum absolute atomic E-state index is 12.7. The minimum Gasteiger partial charge on any atom is -0.493 e. The molecule has 24 heavy (non-hydrogen) atoms. The first-order valence-corrected chi connectivity index (χ1v) is 7.67. The molecule has 0 spiro atoms. The molecule has 7 nitrogen and oxygen atoms in total. The van der Waals surface area contributed by atoms with Crippen LogP contribution in [0.15, 0.2) is 36.5 Å². The predicted octanol–water partition coefficient (Wildman–Crippen LogP) is 1.79. The Labute approximate surface area is 140 Å². The molecule has 0 saturated carbocycles. The molecule has 7 heteroatoms. The summed E-state index contributed by atoms with van der Waals surface area (Å²) in [4.78, 5) is 14.4. The smallest absolute Gasteiger partial charge is 0.254 e. The summed E-state index contributed by atoms with van der Waals surface area (Å²) in [5.41, 5.74) is 0.563. The van der Waals surface area contributed by atoms with Crippen LogP contribution in [0.2, 0.25) is 0 Å². The van der Waals surface area contributed by atoms with Crippen molar-refractivity contribution in [3.8, 4) is 17.4 Å². The van der Waals surface area contributed by atoms with E-state index in [2.05, 4.69) is 10.2 Å². The standard InChI is InChI=1S/C17H19N3O4/c1-22-14-6-5-12(10-15(14)23-2)17(21)20-9-7-13(11-20)24-16-4-3-8-18-19-16/h3-6,8,10,13H,7,9,11H2,1-2H3. The molecule has 1 aromatic heterocycles. The Hall–Kier alpha value is -2.83. The molecule has 0 bridgehead atoms. The minimum atomic E-state index is -0.0780. The Morgan fingerprint density at radius 3 is 2.75 bits per heavy atom. The molecule has 1 amide bonds. The largest absolute Gasteiger partial charge is 0.493 e. The first-order valence-electron chi connectivity index (χ1n) is 7.67. The van der Waals surface area contributed by atoms with Gasteiger partial charge in [0.1, 0.15) is 6.10 Å². The highest BCUT2D eigenvalue weighted by molar-refractivity contribution is 5.95. The third kappa shape index (κ3) is 3.40. The number of methoxy groups -OCH3 is 2. The Morgan fingerprint density at radius 2 is 2.04 bits per heavy atom. The van der Waals surface area contributed by atoms with Crippen molar-refractivity contribution >= 4 is 5.91 Å². The number of carbonyl (C=O) groups excluding carboxylic acids is 1. The summed E-state index contributed by atoms with van der Waals surface area (Å²) in [5, 5.41) is 7.69. The zero-order valence-corrected chi connectivity index (χ0v) is 13.6. The lowest BCUT2D eigenvalue weighted by molar-refractivity contribution is 0.0770. The van der Waals surface area contributed by atoms with Crippen LogP contribution in [0.5, 0.6) is 17.4 Å². The van der Waals surface area contributed by atoms with Crippen molar-refractivity contribution in [1.82, 2.24) is 15.1 Å². The lowest BCUT2D eigenvalue weighted by Gasteiger charge is -2.17. The highest BCUT2D eigenvalue weighted by atomic mass is 16.5. The fraction of sp³-hybridized carbons (Fsp3) is 0.353. The van der Waals surface area contributed by atoms with Crippen LogP contribution < -0.4 is 14.2 Å². The number of nitrogens with zero attached hydrogens (tertiary/aromatic N) is 3. The molecule has 1 atom stereocenters. The van der Waals surface area contributed by atoms with Gasteiger partial charge < -0.3 is 19.1 Å². The zero-order chi connectivity index (χ0) is 16.9. The van der Waals surface area contributed by atoms with Crippen LogP contribution in [-0.2, 0) is 0 Å². The SMILES string of the molecule is COc1ccc(C(=O)N2CCC(Oc3cccnn3)C2)cc1OC. The van der Waals surface area contributed by atoms with Gasteiger partial charge in [0, 0.05) is 30.8 Å². The quantitative estimate of drug-likeness (QED) is 0.832. The molecule has 1 fully saturated rings. The van der Waals surface area contributed by atoms with Crippen molar-refractivity contribution in [2.75, 3.05) is 27.3 Å². The lowest BCUT2D eigenvalue weighted by Crippen LogP contribution is -2.31. The molecule has 1 unspecified atom stereocenters. The maximum Gasteiger partial charge on any atom is 0.254 e. The Kier molecular flexibility index (Phi) is 4.79. The second kappa shape index (κ2) is 7.16. The van der Waals surface area contributed by atoms with E-state index >= 15 is 0 Å². The van der Waals surface area contributed by atoms with Gasteiger partial charge in [-0.15, -0.1) is 5.10 Å². The average Bonchev–Trinajstić information content (AvgIpc) is 3.09. The molecule has 3 rings (SSSR count). The fourth-order valence-corrected chi connectivity index (χ4v) is 2.68. The molecule has 2 heterocycles. The van der Waals surface area contributed by atoms with E-state index in [0.29, 0.717) is 36.0 Å². The molecule has 1 aromatic carbocycles. The molecule has 0 radical (unpaired) electrons. The number of hydrogen-bond acceptors (Lipinski definition) is 6. The van der Waals surface area contributed by atoms with E-state index in [9.17, 15) is 4.79 Å². The normalized spacial score (nSPS) is 16.8. The van der Waals surface area contributed by atoms with Gasteiger partial charge in [0.2, 0.25) is 5.88 Å². The van der Waals surface area contributed by atoms with Gasteiger partial charge in [0.05, 0.1) is 20.8 Å². The van der Waals surface area contributed by atoms with Crippen molar-refractivity contribution in [3.05, 3.63) is 42.1 Å². The Balaban J connectivity index is 1.66.